The molecule has 5 nitrogen and oxygen atoms in total. The summed E-state index contributed by atoms with van der Waals surface area (Å²) in [5.41, 5.74) is 3.36. The van der Waals surface area contributed by atoms with Crippen LogP contribution in [0.15, 0.2) is 36.4 Å². The van der Waals surface area contributed by atoms with E-state index in [2.05, 4.69) is 9.88 Å². The van der Waals surface area contributed by atoms with Crippen molar-refractivity contribution in [3.63, 3.8) is 0 Å². The second-order valence-electron chi connectivity index (χ2n) is 7.68. The minimum atomic E-state index is -0.917. The van der Waals surface area contributed by atoms with Crippen LogP contribution in [0.4, 0.5) is 13.9 Å². The molecule has 30 heavy (non-hydrogen) atoms. The zero-order valence-corrected chi connectivity index (χ0v) is 17.0. The van der Waals surface area contributed by atoms with Crippen molar-refractivity contribution in [3.05, 3.63) is 59.3 Å². The largest absolute Gasteiger partial charge is 0.480 e. The minimum absolute atomic E-state index is 0.134. The SMILES string of the molecule is CN(c1nc2cc(F)ccc2s1)[C@H]1CCc2c(c3cc(F)ccc3n2CC(=O)O)C1. The Bertz CT molecular complexity index is 1300. The predicted octanol–water partition coefficient (Wildman–Crippen LogP) is 4.61. The average molecular weight is 427 g/mol. The Hall–Kier alpha value is -3.00. The van der Waals surface area contributed by atoms with Gasteiger partial charge in [-0.05, 0) is 55.2 Å². The fourth-order valence-electron chi connectivity index (χ4n) is 4.45. The number of thiazole rings is 1. The first-order valence-electron chi connectivity index (χ1n) is 9.71. The number of rotatable bonds is 4. The molecule has 1 N–H and O–H groups in total. The molecule has 5 rings (SSSR count). The first kappa shape index (κ1) is 19.0. The summed E-state index contributed by atoms with van der Waals surface area (Å²) in [6.45, 7) is -0.137. The van der Waals surface area contributed by atoms with E-state index in [1.54, 1.807) is 16.7 Å². The third kappa shape index (κ3) is 3.11. The number of aliphatic carboxylic acids is 1. The van der Waals surface area contributed by atoms with Gasteiger partial charge in [-0.15, -0.1) is 0 Å². The van der Waals surface area contributed by atoms with Crippen LogP contribution in [0.5, 0.6) is 0 Å². The van der Waals surface area contributed by atoms with Crippen LogP contribution in [0, 0.1) is 11.6 Å². The average Bonchev–Trinajstić information content (AvgIpc) is 3.26. The van der Waals surface area contributed by atoms with Gasteiger partial charge in [0, 0.05) is 35.8 Å². The third-order valence-corrected chi connectivity index (χ3v) is 7.01. The van der Waals surface area contributed by atoms with Gasteiger partial charge in [-0.3, -0.25) is 4.79 Å². The zero-order chi connectivity index (χ0) is 21.0. The molecule has 0 bridgehead atoms. The number of fused-ring (bicyclic) bond motifs is 4. The smallest absolute Gasteiger partial charge is 0.323 e. The molecule has 0 radical (unpaired) electrons. The highest BCUT2D eigenvalue weighted by Crippen LogP contribution is 2.37. The quantitative estimate of drug-likeness (QED) is 0.517. The number of likely N-dealkylation sites (N-methyl/N-ethyl adjacent to an activating group) is 1. The standard InChI is InChI=1S/C22H19F2N3O2S/c1-26(22-25-17-9-13(24)3-7-20(17)30-22)14-4-6-19-16(10-14)15-8-12(23)2-5-18(15)27(19)11-21(28)29/h2-3,5,7-9,14H,4,6,10-11H2,1H3,(H,28,29)/t14-/m0/s1. The van der Waals surface area contributed by atoms with Crippen molar-refractivity contribution in [2.24, 2.45) is 0 Å². The van der Waals surface area contributed by atoms with Gasteiger partial charge in [0.25, 0.3) is 0 Å². The van der Waals surface area contributed by atoms with Gasteiger partial charge < -0.3 is 14.6 Å². The molecular weight excluding hydrogens is 408 g/mol. The van der Waals surface area contributed by atoms with Crippen LogP contribution >= 0.6 is 11.3 Å². The monoisotopic (exact) mass is 427 g/mol. The molecular formula is C22H19F2N3O2S. The number of nitrogens with zero attached hydrogens (tertiary/aromatic N) is 3. The molecule has 0 spiro atoms. The number of carboxylic acids is 1. The Morgan fingerprint density at radius 1 is 1.27 bits per heavy atom. The number of carbonyl (C=O) groups is 1. The van der Waals surface area contributed by atoms with Crippen molar-refractivity contribution in [3.8, 4) is 0 Å². The van der Waals surface area contributed by atoms with Gasteiger partial charge in [0.1, 0.15) is 18.2 Å². The number of benzene rings is 2. The van der Waals surface area contributed by atoms with E-state index in [0.717, 1.165) is 38.4 Å². The molecule has 0 saturated heterocycles. The topological polar surface area (TPSA) is 58.4 Å². The maximum atomic E-state index is 14.0. The zero-order valence-electron chi connectivity index (χ0n) is 16.2. The van der Waals surface area contributed by atoms with E-state index in [1.165, 1.54) is 35.6 Å². The summed E-state index contributed by atoms with van der Waals surface area (Å²) >= 11 is 1.51. The van der Waals surface area contributed by atoms with Crippen molar-refractivity contribution in [2.45, 2.75) is 31.8 Å². The molecule has 2 heterocycles. The van der Waals surface area contributed by atoms with E-state index >= 15 is 0 Å². The van der Waals surface area contributed by atoms with E-state index in [-0.39, 0.29) is 24.2 Å². The first-order chi connectivity index (χ1) is 14.4. The van der Waals surface area contributed by atoms with E-state index in [1.807, 2.05) is 7.05 Å². The van der Waals surface area contributed by atoms with Crippen LogP contribution in [0.25, 0.3) is 21.1 Å². The van der Waals surface area contributed by atoms with Gasteiger partial charge in [-0.25, -0.2) is 13.8 Å². The second kappa shape index (κ2) is 7.05. The minimum Gasteiger partial charge on any atom is -0.480 e. The first-order valence-corrected chi connectivity index (χ1v) is 10.5. The molecule has 1 atom stereocenters. The van der Waals surface area contributed by atoms with Crippen molar-refractivity contribution >= 4 is 43.6 Å². The summed E-state index contributed by atoms with van der Waals surface area (Å²) < 4.78 is 30.2. The van der Waals surface area contributed by atoms with Gasteiger partial charge in [0.15, 0.2) is 5.13 Å². The lowest BCUT2D eigenvalue weighted by molar-refractivity contribution is -0.137. The second-order valence-corrected chi connectivity index (χ2v) is 8.69. The van der Waals surface area contributed by atoms with Crippen LogP contribution in [0.2, 0.25) is 0 Å². The highest BCUT2D eigenvalue weighted by atomic mass is 32.1. The summed E-state index contributed by atoms with van der Waals surface area (Å²) in [5, 5.41) is 10.9. The number of anilines is 1. The molecule has 0 unspecified atom stereocenters. The van der Waals surface area contributed by atoms with Crippen LogP contribution < -0.4 is 4.90 Å². The van der Waals surface area contributed by atoms with Gasteiger partial charge in [-0.2, -0.15) is 0 Å². The summed E-state index contributed by atoms with van der Waals surface area (Å²) in [4.78, 5) is 18.1. The van der Waals surface area contributed by atoms with Crippen molar-refractivity contribution in [1.82, 2.24) is 9.55 Å². The van der Waals surface area contributed by atoms with Crippen LogP contribution in [-0.2, 0) is 24.2 Å². The molecule has 4 aromatic rings. The van der Waals surface area contributed by atoms with Crippen LogP contribution in [0.3, 0.4) is 0 Å². The van der Waals surface area contributed by atoms with E-state index in [9.17, 15) is 18.7 Å². The Morgan fingerprint density at radius 3 is 2.83 bits per heavy atom. The predicted molar refractivity (Wildman–Crippen MR) is 113 cm³/mol. The van der Waals surface area contributed by atoms with Crippen molar-refractivity contribution < 1.29 is 18.7 Å². The molecule has 0 saturated carbocycles. The number of halogens is 2. The lowest BCUT2D eigenvalue weighted by Gasteiger charge is -2.31. The van der Waals surface area contributed by atoms with E-state index < -0.39 is 5.97 Å². The molecule has 1 aliphatic rings. The van der Waals surface area contributed by atoms with Crippen LogP contribution in [-0.4, -0.2) is 33.7 Å². The lowest BCUT2D eigenvalue weighted by atomic mass is 9.90. The lowest BCUT2D eigenvalue weighted by Crippen LogP contribution is -2.36. The Kier molecular flexibility index (Phi) is 4.47. The number of aromatic nitrogens is 2. The molecule has 154 valence electrons. The summed E-state index contributed by atoms with van der Waals surface area (Å²) in [5.74, 6) is -1.56. The molecule has 0 amide bonds. The number of carboxylic acid groups (broad SMARTS) is 1. The fourth-order valence-corrected chi connectivity index (χ4v) is 5.42. The van der Waals surface area contributed by atoms with Gasteiger partial charge >= 0.3 is 5.97 Å². The normalized spacial score (nSPS) is 16.2. The van der Waals surface area contributed by atoms with E-state index in [0.29, 0.717) is 18.4 Å². The Labute approximate surface area is 175 Å². The maximum Gasteiger partial charge on any atom is 0.323 e. The van der Waals surface area contributed by atoms with Crippen LogP contribution in [0.1, 0.15) is 17.7 Å². The summed E-state index contributed by atoms with van der Waals surface area (Å²) in [6, 6.07) is 9.27. The van der Waals surface area contributed by atoms with Crippen molar-refractivity contribution in [2.75, 3.05) is 11.9 Å². The third-order valence-electron chi connectivity index (χ3n) is 5.88. The highest BCUT2D eigenvalue weighted by Gasteiger charge is 2.29. The molecule has 2 aromatic heterocycles. The fraction of sp³-hybridized carbons (Fsp3) is 0.273. The molecule has 0 aliphatic heterocycles. The molecule has 1 aliphatic carbocycles. The number of hydrogen-bond donors (Lipinski definition) is 1. The Morgan fingerprint density at radius 2 is 2.03 bits per heavy atom. The maximum absolute atomic E-state index is 14.0. The summed E-state index contributed by atoms with van der Waals surface area (Å²) in [7, 11) is 1.97. The van der Waals surface area contributed by atoms with Crippen molar-refractivity contribution in [1.29, 1.82) is 0 Å². The highest BCUT2D eigenvalue weighted by molar-refractivity contribution is 7.22. The summed E-state index contributed by atoms with van der Waals surface area (Å²) in [6.07, 6.45) is 2.20. The van der Waals surface area contributed by atoms with Gasteiger partial charge in [0.2, 0.25) is 0 Å². The van der Waals surface area contributed by atoms with Gasteiger partial charge in [0.05, 0.1) is 10.2 Å². The molecule has 0 fully saturated rings. The molecule has 8 heteroatoms. The molecule has 2 aromatic carbocycles. The van der Waals surface area contributed by atoms with Gasteiger partial charge in [-0.1, -0.05) is 11.3 Å². The van der Waals surface area contributed by atoms with E-state index in [4.69, 9.17) is 0 Å². The number of hydrogen-bond acceptors (Lipinski definition) is 4. The Balaban J connectivity index is 1.52.